The fourth-order valence-electron chi connectivity index (χ4n) is 2.10. The van der Waals surface area contributed by atoms with Crippen molar-refractivity contribution in [2.24, 2.45) is 5.92 Å². The van der Waals surface area contributed by atoms with Crippen LogP contribution in [0.15, 0.2) is 24.4 Å². The van der Waals surface area contributed by atoms with Crippen molar-refractivity contribution < 1.29 is 14.3 Å². The van der Waals surface area contributed by atoms with E-state index >= 15 is 0 Å². The number of carbonyl (C=O) groups excluding carboxylic acids is 2. The third kappa shape index (κ3) is 4.71. The maximum atomic E-state index is 12.0. The summed E-state index contributed by atoms with van der Waals surface area (Å²) in [6.07, 6.45) is 6.70. The number of anilines is 1. The van der Waals surface area contributed by atoms with Crippen molar-refractivity contribution in [3.8, 4) is 0 Å². The second kappa shape index (κ2) is 7.61. The van der Waals surface area contributed by atoms with Gasteiger partial charge in [0.05, 0.1) is 16.5 Å². The highest BCUT2D eigenvalue weighted by Crippen LogP contribution is 2.23. The molecule has 118 valence electrons. The summed E-state index contributed by atoms with van der Waals surface area (Å²) in [6, 6.07) is 1.47. The van der Waals surface area contributed by atoms with Gasteiger partial charge in [0.15, 0.2) is 11.9 Å². The number of nitrogens with one attached hydrogen (secondary N) is 1. The number of ether oxygens (including phenoxy) is 1. The zero-order valence-electron chi connectivity index (χ0n) is 12.0. The molecule has 0 radical (unpaired) electrons. The number of halogens is 2. The van der Waals surface area contributed by atoms with Crippen molar-refractivity contribution in [2.75, 3.05) is 5.32 Å². The topological polar surface area (TPSA) is 68.3 Å². The number of aromatic nitrogens is 1. The summed E-state index contributed by atoms with van der Waals surface area (Å²) < 4.78 is 5.13. The van der Waals surface area contributed by atoms with E-state index in [2.05, 4.69) is 10.3 Å². The van der Waals surface area contributed by atoms with E-state index in [0.717, 1.165) is 12.8 Å². The first kappa shape index (κ1) is 16.8. The van der Waals surface area contributed by atoms with Gasteiger partial charge in [-0.3, -0.25) is 9.59 Å². The predicted octanol–water partition coefficient (Wildman–Crippen LogP) is 3.61. The third-order valence-corrected chi connectivity index (χ3v) is 3.76. The summed E-state index contributed by atoms with van der Waals surface area (Å²) in [7, 11) is 0. The van der Waals surface area contributed by atoms with Crippen molar-refractivity contribution in [2.45, 2.75) is 32.3 Å². The van der Waals surface area contributed by atoms with Crippen molar-refractivity contribution >= 4 is 40.9 Å². The lowest BCUT2D eigenvalue weighted by Crippen LogP contribution is -2.30. The first-order valence-corrected chi connectivity index (χ1v) is 7.69. The summed E-state index contributed by atoms with van der Waals surface area (Å²) in [5, 5.41) is 3.09. The van der Waals surface area contributed by atoms with E-state index in [9.17, 15) is 9.59 Å². The summed E-state index contributed by atoms with van der Waals surface area (Å²) in [4.78, 5) is 27.7. The second-order valence-electron chi connectivity index (χ2n) is 5.08. The number of carbonyl (C=O) groups is 2. The van der Waals surface area contributed by atoms with Crippen LogP contribution in [0.4, 0.5) is 5.82 Å². The van der Waals surface area contributed by atoms with Crippen molar-refractivity contribution in [3.63, 3.8) is 0 Å². The van der Waals surface area contributed by atoms with Crippen LogP contribution in [0.1, 0.15) is 26.2 Å². The molecule has 0 unspecified atom stereocenters. The minimum Gasteiger partial charge on any atom is -0.453 e. The number of rotatable bonds is 5. The molecular weight excluding hydrogens is 327 g/mol. The summed E-state index contributed by atoms with van der Waals surface area (Å²) in [5.74, 6) is -0.505. The fraction of sp³-hybridized carbons (Fsp3) is 0.400. The van der Waals surface area contributed by atoms with E-state index in [1.165, 1.54) is 19.2 Å². The smallest absolute Gasteiger partial charge is 0.307 e. The van der Waals surface area contributed by atoms with E-state index in [1.807, 2.05) is 12.2 Å². The van der Waals surface area contributed by atoms with Crippen molar-refractivity contribution in [1.29, 1.82) is 0 Å². The number of pyridine rings is 1. The van der Waals surface area contributed by atoms with Gasteiger partial charge in [0.25, 0.3) is 5.91 Å². The number of hydrogen-bond acceptors (Lipinski definition) is 4. The first-order chi connectivity index (χ1) is 10.5. The molecule has 5 nitrogen and oxygen atoms in total. The lowest BCUT2D eigenvalue weighted by atomic mass is 10.1. The molecule has 1 aromatic rings. The van der Waals surface area contributed by atoms with Crippen molar-refractivity contribution in [1.82, 2.24) is 4.98 Å². The van der Waals surface area contributed by atoms with Crippen LogP contribution in [0.2, 0.25) is 10.0 Å². The predicted molar refractivity (Wildman–Crippen MR) is 84.9 cm³/mol. The molecule has 2 atom stereocenters. The van der Waals surface area contributed by atoms with Crippen LogP contribution in [-0.4, -0.2) is 23.0 Å². The van der Waals surface area contributed by atoms with Gasteiger partial charge in [-0.2, -0.15) is 0 Å². The molecule has 0 saturated carbocycles. The zero-order valence-corrected chi connectivity index (χ0v) is 13.5. The van der Waals surface area contributed by atoms with E-state index in [-0.39, 0.29) is 23.2 Å². The average molecular weight is 343 g/mol. The normalized spacial score (nSPS) is 18.0. The zero-order chi connectivity index (χ0) is 16.1. The van der Waals surface area contributed by atoms with Gasteiger partial charge in [-0.15, -0.1) is 0 Å². The largest absolute Gasteiger partial charge is 0.453 e. The lowest BCUT2D eigenvalue weighted by molar-refractivity contribution is -0.153. The molecule has 1 N–H and O–H groups in total. The Labute approximate surface area is 138 Å². The van der Waals surface area contributed by atoms with Crippen LogP contribution in [0, 0.1) is 5.92 Å². The number of allylic oxidation sites excluding steroid dienone is 2. The summed E-state index contributed by atoms with van der Waals surface area (Å²) in [6.45, 7) is 1.50. The molecular formula is C15H16Cl2N2O3. The van der Waals surface area contributed by atoms with E-state index < -0.39 is 18.0 Å². The quantitative estimate of drug-likeness (QED) is 0.655. The molecule has 1 aliphatic rings. The highest BCUT2D eigenvalue weighted by atomic mass is 35.5. The Bertz CT molecular complexity index is 604. The van der Waals surface area contributed by atoms with E-state index in [0.29, 0.717) is 5.02 Å². The second-order valence-corrected chi connectivity index (χ2v) is 5.92. The van der Waals surface area contributed by atoms with E-state index in [1.54, 1.807) is 0 Å². The Hall–Kier alpha value is -1.59. The molecule has 22 heavy (non-hydrogen) atoms. The summed E-state index contributed by atoms with van der Waals surface area (Å²) in [5.41, 5.74) is 0. The Morgan fingerprint density at radius 2 is 2.27 bits per heavy atom. The minimum atomic E-state index is -0.925. The van der Waals surface area contributed by atoms with Gasteiger partial charge in [0.2, 0.25) is 0 Å². The van der Waals surface area contributed by atoms with E-state index in [4.69, 9.17) is 27.9 Å². The van der Waals surface area contributed by atoms with Gasteiger partial charge in [-0.1, -0.05) is 35.4 Å². The molecule has 0 aliphatic heterocycles. The van der Waals surface area contributed by atoms with Crippen LogP contribution in [-0.2, 0) is 14.3 Å². The van der Waals surface area contributed by atoms with Gasteiger partial charge in [-0.25, -0.2) is 4.98 Å². The standard InChI is InChI=1S/C15H16Cl2N2O3/c1-9(22-13(20)6-10-4-2-3-5-10)15(21)19-14-12(17)7-11(16)8-18-14/h2,4,7-10H,3,5-6H2,1H3,(H,18,19,21)/t9-,10-/m0/s1. The third-order valence-electron chi connectivity index (χ3n) is 3.27. The number of esters is 1. The van der Waals surface area contributed by atoms with Gasteiger partial charge >= 0.3 is 5.97 Å². The minimum absolute atomic E-state index is 0.178. The first-order valence-electron chi connectivity index (χ1n) is 6.93. The van der Waals surface area contributed by atoms with Gasteiger partial charge in [-0.05, 0) is 31.7 Å². The average Bonchev–Trinajstić information content (AvgIpc) is 2.94. The fourth-order valence-corrected chi connectivity index (χ4v) is 2.53. The summed E-state index contributed by atoms with van der Waals surface area (Å²) >= 11 is 11.7. The number of amides is 1. The molecule has 0 bridgehead atoms. The maximum absolute atomic E-state index is 12.0. The molecule has 0 saturated heterocycles. The number of hydrogen-bond donors (Lipinski definition) is 1. The Morgan fingerprint density at radius 3 is 2.91 bits per heavy atom. The Balaban J connectivity index is 1.85. The van der Waals surface area contributed by atoms with Crippen LogP contribution in [0.25, 0.3) is 0 Å². The molecule has 0 spiro atoms. The maximum Gasteiger partial charge on any atom is 0.307 e. The molecule has 2 rings (SSSR count). The van der Waals surface area contributed by atoms with Crippen LogP contribution >= 0.6 is 23.2 Å². The van der Waals surface area contributed by atoms with Crippen LogP contribution < -0.4 is 5.32 Å². The van der Waals surface area contributed by atoms with Gasteiger partial charge < -0.3 is 10.1 Å². The van der Waals surface area contributed by atoms with Crippen molar-refractivity contribution in [3.05, 3.63) is 34.5 Å². The monoisotopic (exact) mass is 342 g/mol. The molecule has 0 aromatic carbocycles. The van der Waals surface area contributed by atoms with Gasteiger partial charge in [0, 0.05) is 6.20 Å². The number of nitrogens with zero attached hydrogens (tertiary/aromatic N) is 1. The molecule has 1 aromatic heterocycles. The highest BCUT2D eigenvalue weighted by Gasteiger charge is 2.21. The van der Waals surface area contributed by atoms with Gasteiger partial charge in [0.1, 0.15) is 0 Å². The van der Waals surface area contributed by atoms with Crippen LogP contribution in [0.3, 0.4) is 0 Å². The Morgan fingerprint density at radius 1 is 1.50 bits per heavy atom. The lowest BCUT2D eigenvalue weighted by Gasteiger charge is -2.15. The molecule has 0 fully saturated rings. The molecule has 1 heterocycles. The molecule has 1 aliphatic carbocycles. The van der Waals surface area contributed by atoms with Crippen LogP contribution in [0.5, 0.6) is 0 Å². The highest BCUT2D eigenvalue weighted by molar-refractivity contribution is 6.36. The molecule has 7 heteroatoms. The SMILES string of the molecule is C[C@H](OC(=O)C[C@H]1C=CCC1)C(=O)Nc1ncc(Cl)cc1Cl. The Kier molecular flexibility index (Phi) is 5.80. The molecule has 1 amide bonds.